The number of sulfonamides is 1. The summed E-state index contributed by atoms with van der Waals surface area (Å²) in [6, 6.07) is 7.46. The Bertz CT molecular complexity index is 1530. The Hall–Kier alpha value is -2.84. The number of rotatable bonds is 10. The van der Waals surface area contributed by atoms with Crippen molar-refractivity contribution in [3.05, 3.63) is 64.2 Å². The SMILES string of the molecule is COC(=O)NC(C(=O)Nc1c(F)ccc(F)c1CCCC1CNC2CN1S(=O)(=O)CCC2C)C(c1ccc(Cl)cc1)C1CCOCC1. The topological polar surface area (TPSA) is 126 Å². The van der Waals surface area contributed by atoms with Crippen molar-refractivity contribution in [2.45, 2.75) is 69.5 Å². The van der Waals surface area contributed by atoms with Crippen LogP contribution in [0.2, 0.25) is 5.02 Å². The van der Waals surface area contributed by atoms with Gasteiger partial charge in [0.2, 0.25) is 15.9 Å². The van der Waals surface area contributed by atoms with E-state index in [4.69, 9.17) is 21.1 Å². The van der Waals surface area contributed by atoms with Crippen LogP contribution in [0.3, 0.4) is 0 Å². The van der Waals surface area contributed by atoms with Gasteiger partial charge in [0.15, 0.2) is 0 Å². The highest BCUT2D eigenvalue weighted by atomic mass is 35.5. The van der Waals surface area contributed by atoms with Crippen LogP contribution in [0.25, 0.3) is 0 Å². The van der Waals surface area contributed by atoms with E-state index in [9.17, 15) is 18.0 Å². The van der Waals surface area contributed by atoms with Gasteiger partial charge in [0.1, 0.15) is 17.7 Å². The minimum absolute atomic E-state index is 0.0294. The third-order valence-electron chi connectivity index (χ3n) is 9.82. The van der Waals surface area contributed by atoms with Gasteiger partial charge in [-0.3, -0.25) is 4.79 Å². The predicted molar refractivity (Wildman–Crippen MR) is 175 cm³/mol. The average molecular weight is 697 g/mol. The second-order valence-electron chi connectivity index (χ2n) is 12.7. The molecule has 0 aliphatic carbocycles. The minimum atomic E-state index is -3.43. The maximum atomic E-state index is 15.4. The van der Waals surface area contributed by atoms with E-state index in [0.29, 0.717) is 63.4 Å². The van der Waals surface area contributed by atoms with Gasteiger partial charge in [0.25, 0.3) is 0 Å². The molecule has 258 valence electrons. The molecule has 3 aliphatic rings. The Labute approximate surface area is 279 Å². The number of hydrogen-bond acceptors (Lipinski definition) is 7. The van der Waals surface area contributed by atoms with Crippen molar-refractivity contribution in [2.75, 3.05) is 44.5 Å². The lowest BCUT2D eigenvalue weighted by atomic mass is 9.76. The van der Waals surface area contributed by atoms with Crippen LogP contribution in [0.1, 0.15) is 56.1 Å². The highest BCUT2D eigenvalue weighted by molar-refractivity contribution is 7.89. The first kappa shape index (κ1) is 35.5. The molecule has 2 bridgehead atoms. The number of nitrogens with zero attached hydrogens (tertiary/aromatic N) is 1. The molecule has 5 rings (SSSR count). The molecular formula is C33H43ClF2N4O6S. The van der Waals surface area contributed by atoms with Crippen molar-refractivity contribution in [1.29, 1.82) is 0 Å². The zero-order valence-electron chi connectivity index (χ0n) is 26.6. The Kier molecular flexibility index (Phi) is 11.8. The molecule has 6 unspecified atom stereocenters. The van der Waals surface area contributed by atoms with Gasteiger partial charge in [-0.05, 0) is 80.2 Å². The predicted octanol–water partition coefficient (Wildman–Crippen LogP) is 4.83. The second-order valence-corrected chi connectivity index (χ2v) is 15.2. The largest absolute Gasteiger partial charge is 0.453 e. The fraction of sp³-hybridized carbons (Fsp3) is 0.576. The first-order chi connectivity index (χ1) is 22.5. The number of nitrogens with one attached hydrogen (secondary N) is 3. The van der Waals surface area contributed by atoms with E-state index in [1.807, 2.05) is 6.92 Å². The maximum Gasteiger partial charge on any atom is 0.407 e. The minimum Gasteiger partial charge on any atom is -0.453 e. The van der Waals surface area contributed by atoms with Crippen LogP contribution in [-0.4, -0.2) is 82.0 Å². The van der Waals surface area contributed by atoms with Crippen LogP contribution in [0, 0.1) is 23.5 Å². The summed E-state index contributed by atoms with van der Waals surface area (Å²) >= 11 is 6.15. The average Bonchev–Trinajstić information content (AvgIpc) is 3.15. The molecule has 14 heteroatoms. The van der Waals surface area contributed by atoms with Crippen LogP contribution >= 0.6 is 11.6 Å². The van der Waals surface area contributed by atoms with Crippen molar-refractivity contribution in [2.24, 2.45) is 11.8 Å². The number of hydrogen-bond donors (Lipinski definition) is 3. The number of methoxy groups -OCH3 is 1. The fourth-order valence-electron chi connectivity index (χ4n) is 7.11. The number of benzene rings is 2. The lowest BCUT2D eigenvalue weighted by Gasteiger charge is -2.39. The van der Waals surface area contributed by atoms with E-state index in [1.54, 1.807) is 28.6 Å². The first-order valence-corrected chi connectivity index (χ1v) is 18.2. The lowest BCUT2D eigenvalue weighted by Crippen LogP contribution is -2.58. The summed E-state index contributed by atoms with van der Waals surface area (Å²) in [7, 11) is -2.25. The summed E-state index contributed by atoms with van der Waals surface area (Å²) in [4.78, 5) is 26.6. The van der Waals surface area contributed by atoms with Crippen molar-refractivity contribution in [3.63, 3.8) is 0 Å². The van der Waals surface area contributed by atoms with Crippen LogP contribution in [0.4, 0.5) is 19.3 Å². The van der Waals surface area contributed by atoms with Crippen LogP contribution in [0.5, 0.6) is 0 Å². The number of carbonyl (C=O) groups is 2. The van der Waals surface area contributed by atoms with E-state index >= 15 is 8.78 Å². The number of anilines is 1. The van der Waals surface area contributed by atoms with E-state index in [2.05, 4.69) is 16.0 Å². The summed E-state index contributed by atoms with van der Waals surface area (Å²) in [5.41, 5.74) is 0.392. The standard InChI is InChI=1S/C33H43ClF2N4O6S/c1-20-14-17-47(43,44)40-19-28(20)37-18-24(40)4-3-5-25-26(35)10-11-27(36)30(25)38-32(41)31(39-33(42)45-2)29(22-12-15-46-16-13-22)21-6-8-23(34)9-7-21/h6-11,20,22,24,28-29,31,37H,3-5,12-19H2,1-2H3,(H,38,41)(H,39,42). The molecule has 3 saturated heterocycles. The third kappa shape index (κ3) is 8.43. The molecule has 6 atom stereocenters. The zero-order valence-corrected chi connectivity index (χ0v) is 28.2. The Balaban J connectivity index is 1.38. The van der Waals surface area contributed by atoms with E-state index in [-0.39, 0.29) is 47.3 Å². The Morgan fingerprint density at radius 1 is 1.11 bits per heavy atom. The Morgan fingerprint density at radius 2 is 1.81 bits per heavy atom. The third-order valence-corrected chi connectivity index (χ3v) is 12.0. The molecule has 0 spiro atoms. The van der Waals surface area contributed by atoms with E-state index < -0.39 is 45.6 Å². The molecule has 3 N–H and O–H groups in total. The van der Waals surface area contributed by atoms with Gasteiger partial charge in [-0.25, -0.2) is 22.0 Å². The smallest absolute Gasteiger partial charge is 0.407 e. The molecule has 3 fully saturated rings. The first-order valence-electron chi connectivity index (χ1n) is 16.2. The van der Waals surface area contributed by atoms with E-state index in [0.717, 1.165) is 17.7 Å². The van der Waals surface area contributed by atoms with Gasteiger partial charge in [-0.1, -0.05) is 30.7 Å². The van der Waals surface area contributed by atoms with Crippen molar-refractivity contribution in [1.82, 2.24) is 14.9 Å². The summed E-state index contributed by atoms with van der Waals surface area (Å²) in [6.45, 7) is 3.85. The highest BCUT2D eigenvalue weighted by Gasteiger charge is 2.41. The monoisotopic (exact) mass is 696 g/mol. The van der Waals surface area contributed by atoms with Crippen LogP contribution in [0.15, 0.2) is 36.4 Å². The second kappa shape index (κ2) is 15.6. The van der Waals surface area contributed by atoms with Gasteiger partial charge in [-0.2, -0.15) is 4.31 Å². The number of fused-ring (bicyclic) bond motifs is 2. The molecule has 0 saturated carbocycles. The van der Waals surface area contributed by atoms with E-state index in [1.165, 1.54) is 7.11 Å². The Morgan fingerprint density at radius 3 is 2.51 bits per heavy atom. The molecule has 3 aliphatic heterocycles. The van der Waals surface area contributed by atoms with Crippen molar-refractivity contribution < 1.29 is 36.3 Å². The molecule has 3 heterocycles. The zero-order chi connectivity index (χ0) is 33.7. The number of ether oxygens (including phenoxy) is 2. The van der Waals surface area contributed by atoms with Crippen molar-refractivity contribution >= 4 is 39.3 Å². The van der Waals surface area contributed by atoms with Gasteiger partial charge in [0, 0.05) is 54.9 Å². The summed E-state index contributed by atoms with van der Waals surface area (Å²) in [5.74, 6) is -2.59. The van der Waals surface area contributed by atoms with Crippen LogP contribution in [-0.2, 0) is 30.7 Å². The lowest BCUT2D eigenvalue weighted by molar-refractivity contribution is -0.119. The normalized spacial score (nSPS) is 25.6. The van der Waals surface area contributed by atoms with Crippen molar-refractivity contribution in [3.8, 4) is 0 Å². The molecule has 47 heavy (non-hydrogen) atoms. The quantitative estimate of drug-likeness (QED) is 0.325. The number of alkyl carbamates (subject to hydrolysis) is 1. The van der Waals surface area contributed by atoms with Gasteiger partial charge in [0.05, 0.1) is 18.6 Å². The number of piperazine rings is 1. The van der Waals surface area contributed by atoms with Gasteiger partial charge >= 0.3 is 6.09 Å². The molecule has 0 aromatic heterocycles. The molecular weight excluding hydrogens is 654 g/mol. The number of halogens is 3. The summed E-state index contributed by atoms with van der Waals surface area (Å²) in [5, 5.41) is 9.20. The van der Waals surface area contributed by atoms with Gasteiger partial charge < -0.3 is 25.4 Å². The maximum absolute atomic E-state index is 15.4. The molecule has 2 aromatic rings. The molecule has 2 amide bonds. The summed E-state index contributed by atoms with van der Waals surface area (Å²) < 4.78 is 68.7. The van der Waals surface area contributed by atoms with Gasteiger partial charge in [-0.15, -0.1) is 0 Å². The fourth-order valence-corrected chi connectivity index (χ4v) is 9.16. The number of carbonyl (C=O) groups excluding carboxylic acids is 2. The number of amides is 2. The van der Waals surface area contributed by atoms with Crippen LogP contribution < -0.4 is 16.0 Å². The highest BCUT2D eigenvalue weighted by Crippen LogP contribution is 2.37. The molecule has 10 nitrogen and oxygen atoms in total. The molecule has 0 radical (unpaired) electrons. The molecule has 2 aromatic carbocycles. The summed E-state index contributed by atoms with van der Waals surface area (Å²) in [6.07, 6.45) is 1.78.